The molecule has 0 saturated carbocycles. The van der Waals surface area contributed by atoms with Gasteiger partial charge in [-0.3, -0.25) is 16.0 Å². The zero-order chi connectivity index (χ0) is 11.5. The van der Waals surface area contributed by atoms with Crippen LogP contribution in [-0.2, 0) is 11.3 Å². The van der Waals surface area contributed by atoms with Crippen molar-refractivity contribution >= 4 is 0 Å². The van der Waals surface area contributed by atoms with Crippen LogP contribution >= 0.6 is 0 Å². The first-order chi connectivity index (χ1) is 7.76. The Morgan fingerprint density at radius 1 is 1.75 bits per heavy atom. The maximum atomic E-state index is 5.67. The number of aromatic nitrogens is 2. The molecule has 1 aliphatic rings. The summed E-state index contributed by atoms with van der Waals surface area (Å²) in [5.41, 5.74) is 5.11. The monoisotopic (exact) mass is 224 g/mol. The molecule has 1 fully saturated rings. The van der Waals surface area contributed by atoms with Crippen molar-refractivity contribution in [2.75, 3.05) is 13.2 Å². The van der Waals surface area contributed by atoms with Crippen molar-refractivity contribution in [3.05, 3.63) is 17.5 Å². The molecule has 2 heterocycles. The normalized spacial score (nSPS) is 22.6. The lowest BCUT2D eigenvalue weighted by Crippen LogP contribution is -2.35. The number of rotatable bonds is 4. The number of hydrogen-bond donors (Lipinski definition) is 2. The van der Waals surface area contributed by atoms with Crippen molar-refractivity contribution in [3.8, 4) is 0 Å². The second kappa shape index (κ2) is 4.95. The maximum Gasteiger partial charge on any atom is 0.0680 e. The highest BCUT2D eigenvalue weighted by atomic mass is 16.5. The van der Waals surface area contributed by atoms with Gasteiger partial charge in [0.25, 0.3) is 0 Å². The SMILES string of the molecule is CCn1nc(C)cc1C(NN)C1CCOC1. The molecule has 1 aromatic rings. The molecule has 2 atom stereocenters. The van der Waals surface area contributed by atoms with Gasteiger partial charge in [-0.1, -0.05) is 0 Å². The van der Waals surface area contributed by atoms with Crippen LogP contribution in [0.2, 0.25) is 0 Å². The largest absolute Gasteiger partial charge is 0.381 e. The van der Waals surface area contributed by atoms with E-state index in [-0.39, 0.29) is 6.04 Å². The maximum absolute atomic E-state index is 5.67. The second-order valence-corrected chi connectivity index (χ2v) is 4.29. The van der Waals surface area contributed by atoms with Gasteiger partial charge in [0.1, 0.15) is 0 Å². The van der Waals surface area contributed by atoms with Crippen LogP contribution in [0.3, 0.4) is 0 Å². The summed E-state index contributed by atoms with van der Waals surface area (Å²) in [6.07, 6.45) is 1.06. The Labute approximate surface area is 95.9 Å². The average molecular weight is 224 g/mol. The Morgan fingerprint density at radius 3 is 3.12 bits per heavy atom. The highest BCUT2D eigenvalue weighted by Gasteiger charge is 2.28. The highest BCUT2D eigenvalue weighted by molar-refractivity contribution is 5.14. The fourth-order valence-electron chi connectivity index (χ4n) is 2.35. The fourth-order valence-corrected chi connectivity index (χ4v) is 2.35. The van der Waals surface area contributed by atoms with Crippen LogP contribution in [0.25, 0.3) is 0 Å². The van der Waals surface area contributed by atoms with Crippen LogP contribution in [0.5, 0.6) is 0 Å². The van der Waals surface area contributed by atoms with Crippen LogP contribution in [0, 0.1) is 12.8 Å². The van der Waals surface area contributed by atoms with E-state index in [2.05, 4.69) is 23.5 Å². The molecule has 0 bridgehead atoms. The smallest absolute Gasteiger partial charge is 0.0680 e. The zero-order valence-corrected chi connectivity index (χ0v) is 9.94. The van der Waals surface area contributed by atoms with Crippen molar-refractivity contribution in [2.24, 2.45) is 11.8 Å². The van der Waals surface area contributed by atoms with Gasteiger partial charge >= 0.3 is 0 Å². The molecule has 3 N–H and O–H groups in total. The van der Waals surface area contributed by atoms with Crippen LogP contribution in [-0.4, -0.2) is 23.0 Å². The lowest BCUT2D eigenvalue weighted by molar-refractivity contribution is 0.175. The molecule has 90 valence electrons. The van der Waals surface area contributed by atoms with Gasteiger partial charge in [0.2, 0.25) is 0 Å². The van der Waals surface area contributed by atoms with Gasteiger partial charge in [-0.15, -0.1) is 0 Å². The molecular formula is C11H20N4O. The van der Waals surface area contributed by atoms with Gasteiger partial charge in [0.15, 0.2) is 0 Å². The Kier molecular flexibility index (Phi) is 3.58. The molecule has 1 aromatic heterocycles. The van der Waals surface area contributed by atoms with Crippen LogP contribution in [0.1, 0.15) is 30.8 Å². The van der Waals surface area contributed by atoms with Gasteiger partial charge in [0, 0.05) is 19.1 Å². The van der Waals surface area contributed by atoms with Gasteiger partial charge in [-0.2, -0.15) is 5.10 Å². The minimum atomic E-state index is 0.142. The Morgan fingerprint density at radius 2 is 2.56 bits per heavy atom. The van der Waals surface area contributed by atoms with Crippen molar-refractivity contribution in [1.82, 2.24) is 15.2 Å². The standard InChI is InChI=1S/C11H20N4O/c1-3-15-10(6-8(2)14-15)11(13-12)9-4-5-16-7-9/h6,9,11,13H,3-5,7,12H2,1-2H3. The number of hydrogen-bond acceptors (Lipinski definition) is 4. The van der Waals surface area contributed by atoms with Crippen molar-refractivity contribution < 1.29 is 4.74 Å². The third kappa shape index (κ3) is 2.11. The molecule has 0 radical (unpaired) electrons. The van der Waals surface area contributed by atoms with E-state index >= 15 is 0 Å². The van der Waals surface area contributed by atoms with E-state index in [1.165, 1.54) is 0 Å². The number of ether oxygens (including phenoxy) is 1. The van der Waals surface area contributed by atoms with Gasteiger partial charge < -0.3 is 4.74 Å². The first-order valence-electron chi connectivity index (χ1n) is 5.84. The molecule has 0 spiro atoms. The molecule has 1 aliphatic heterocycles. The van der Waals surface area contributed by atoms with Crippen LogP contribution in [0.15, 0.2) is 6.07 Å². The van der Waals surface area contributed by atoms with Gasteiger partial charge in [0.05, 0.1) is 24.0 Å². The average Bonchev–Trinajstić information content (AvgIpc) is 2.89. The Balaban J connectivity index is 2.24. The predicted octanol–water partition coefficient (Wildman–Crippen LogP) is 0.752. The number of aryl methyl sites for hydroxylation is 2. The van der Waals surface area contributed by atoms with Crippen molar-refractivity contribution in [2.45, 2.75) is 32.9 Å². The summed E-state index contributed by atoms with van der Waals surface area (Å²) in [5, 5.41) is 4.45. The van der Waals surface area contributed by atoms with Crippen molar-refractivity contribution in [1.29, 1.82) is 0 Å². The van der Waals surface area contributed by atoms with E-state index in [0.717, 1.165) is 37.6 Å². The third-order valence-electron chi connectivity index (χ3n) is 3.17. The number of nitrogens with zero attached hydrogens (tertiary/aromatic N) is 2. The molecule has 0 aliphatic carbocycles. The summed E-state index contributed by atoms with van der Waals surface area (Å²) >= 11 is 0. The summed E-state index contributed by atoms with van der Waals surface area (Å²) in [6.45, 7) is 6.59. The van der Waals surface area contributed by atoms with E-state index < -0.39 is 0 Å². The summed E-state index contributed by atoms with van der Waals surface area (Å²) in [5.74, 6) is 6.12. The molecule has 2 unspecified atom stereocenters. The van der Waals surface area contributed by atoms with E-state index in [1.807, 2.05) is 11.6 Å². The third-order valence-corrected chi connectivity index (χ3v) is 3.17. The summed E-state index contributed by atoms with van der Waals surface area (Å²) in [6, 6.07) is 2.25. The minimum absolute atomic E-state index is 0.142. The Hall–Kier alpha value is -0.910. The number of hydrazine groups is 1. The predicted molar refractivity (Wildman–Crippen MR) is 61.6 cm³/mol. The van der Waals surface area contributed by atoms with E-state index in [1.54, 1.807) is 0 Å². The molecule has 0 amide bonds. The van der Waals surface area contributed by atoms with Crippen molar-refractivity contribution in [3.63, 3.8) is 0 Å². The molecule has 1 saturated heterocycles. The summed E-state index contributed by atoms with van der Waals surface area (Å²) < 4.78 is 7.43. The molecule has 5 nitrogen and oxygen atoms in total. The van der Waals surface area contributed by atoms with Crippen LogP contribution < -0.4 is 11.3 Å². The first kappa shape index (κ1) is 11.6. The Bertz CT molecular complexity index is 344. The lowest BCUT2D eigenvalue weighted by Gasteiger charge is -2.22. The number of nitrogens with two attached hydrogens (primary N) is 1. The molecule has 2 rings (SSSR count). The topological polar surface area (TPSA) is 65.1 Å². The minimum Gasteiger partial charge on any atom is -0.381 e. The van der Waals surface area contributed by atoms with E-state index in [0.29, 0.717) is 5.92 Å². The summed E-state index contributed by atoms with van der Waals surface area (Å²) in [7, 11) is 0. The molecular weight excluding hydrogens is 204 g/mol. The number of nitrogens with one attached hydrogen (secondary N) is 1. The molecule has 0 aromatic carbocycles. The molecule has 16 heavy (non-hydrogen) atoms. The summed E-state index contributed by atoms with van der Waals surface area (Å²) in [4.78, 5) is 0. The lowest BCUT2D eigenvalue weighted by atomic mass is 9.96. The zero-order valence-electron chi connectivity index (χ0n) is 9.94. The van der Waals surface area contributed by atoms with Gasteiger partial charge in [-0.25, -0.2) is 0 Å². The van der Waals surface area contributed by atoms with Gasteiger partial charge in [-0.05, 0) is 26.3 Å². The fraction of sp³-hybridized carbons (Fsp3) is 0.727. The quantitative estimate of drug-likeness (QED) is 0.585. The first-order valence-corrected chi connectivity index (χ1v) is 5.84. The van der Waals surface area contributed by atoms with E-state index in [4.69, 9.17) is 10.6 Å². The van der Waals surface area contributed by atoms with Crippen LogP contribution in [0.4, 0.5) is 0 Å². The molecule has 5 heteroatoms. The second-order valence-electron chi connectivity index (χ2n) is 4.29. The van der Waals surface area contributed by atoms with E-state index in [9.17, 15) is 0 Å². The highest BCUT2D eigenvalue weighted by Crippen LogP contribution is 2.28.